The molecule has 0 amide bonds. The second kappa shape index (κ2) is 11.3. The van der Waals surface area contributed by atoms with Crippen LogP contribution in [0.4, 0.5) is 15.9 Å². The van der Waals surface area contributed by atoms with Crippen molar-refractivity contribution in [3.63, 3.8) is 0 Å². The van der Waals surface area contributed by atoms with E-state index in [1.807, 2.05) is 0 Å². The standard InChI is InChI=1S/C23H30FN5.3ClH/c1-16-5-6-18-20(16)22(28-15-27-18)29-14-23(7-10-25-11-8-23)21-17(13-26-12-9-24)3-2-4-19(21)29;;;/h2-4,15-16,25-26H,5-14H2,1H3;3*1H. The Labute approximate surface area is 208 Å². The number of alkyl halides is 1. The minimum absolute atomic E-state index is 0. The fourth-order valence-electron chi connectivity index (χ4n) is 5.67. The molecule has 1 aromatic heterocycles. The van der Waals surface area contributed by atoms with Crippen molar-refractivity contribution in [1.29, 1.82) is 0 Å². The average Bonchev–Trinajstić information content (AvgIpc) is 3.28. The van der Waals surface area contributed by atoms with Gasteiger partial charge in [-0.25, -0.2) is 14.4 Å². The third-order valence-corrected chi connectivity index (χ3v) is 7.07. The van der Waals surface area contributed by atoms with Gasteiger partial charge in [0.25, 0.3) is 0 Å². The Kier molecular flexibility index (Phi) is 9.56. The number of halogens is 4. The minimum atomic E-state index is -0.332. The Morgan fingerprint density at radius 3 is 2.72 bits per heavy atom. The van der Waals surface area contributed by atoms with Crippen molar-refractivity contribution < 1.29 is 4.39 Å². The molecule has 0 bridgehead atoms. The molecule has 2 aromatic rings. The largest absolute Gasteiger partial charge is 0.325 e. The van der Waals surface area contributed by atoms with E-state index in [0.717, 1.165) is 51.1 Å². The van der Waals surface area contributed by atoms with Gasteiger partial charge in [-0.3, -0.25) is 0 Å². The number of benzene rings is 1. The maximum absolute atomic E-state index is 12.7. The van der Waals surface area contributed by atoms with Crippen LogP contribution >= 0.6 is 37.2 Å². The summed E-state index contributed by atoms with van der Waals surface area (Å²) >= 11 is 0. The van der Waals surface area contributed by atoms with E-state index in [1.54, 1.807) is 6.33 Å². The van der Waals surface area contributed by atoms with E-state index >= 15 is 0 Å². The Bertz CT molecular complexity index is 907. The van der Waals surface area contributed by atoms with Crippen LogP contribution in [0.1, 0.15) is 54.5 Å². The molecule has 2 aliphatic heterocycles. The third kappa shape index (κ3) is 4.58. The third-order valence-electron chi connectivity index (χ3n) is 7.07. The van der Waals surface area contributed by atoms with Gasteiger partial charge in [0.05, 0.1) is 0 Å². The molecule has 1 aromatic carbocycles. The molecule has 1 unspecified atom stereocenters. The number of hydrogen-bond donors (Lipinski definition) is 2. The number of fused-ring (bicyclic) bond motifs is 3. The van der Waals surface area contributed by atoms with Crippen molar-refractivity contribution >= 4 is 48.7 Å². The number of aryl methyl sites for hydroxylation is 1. The summed E-state index contributed by atoms with van der Waals surface area (Å²) in [4.78, 5) is 11.8. The second-order valence-electron chi connectivity index (χ2n) is 8.79. The van der Waals surface area contributed by atoms with E-state index < -0.39 is 0 Å². The van der Waals surface area contributed by atoms with Crippen molar-refractivity contribution in [2.75, 3.05) is 37.8 Å². The molecule has 3 heterocycles. The maximum Gasteiger partial charge on any atom is 0.140 e. The molecule has 5 nitrogen and oxygen atoms in total. The van der Waals surface area contributed by atoms with Crippen LogP contribution < -0.4 is 15.5 Å². The number of aromatic nitrogens is 2. The second-order valence-corrected chi connectivity index (χ2v) is 8.79. The van der Waals surface area contributed by atoms with Crippen LogP contribution in [0.3, 0.4) is 0 Å². The van der Waals surface area contributed by atoms with Gasteiger partial charge in [0.15, 0.2) is 0 Å². The Morgan fingerprint density at radius 2 is 1.97 bits per heavy atom. The van der Waals surface area contributed by atoms with Gasteiger partial charge in [-0.1, -0.05) is 19.1 Å². The van der Waals surface area contributed by atoms with Gasteiger partial charge in [-0.15, -0.1) is 37.2 Å². The topological polar surface area (TPSA) is 53.1 Å². The molecule has 5 rings (SSSR count). The molecule has 9 heteroatoms. The van der Waals surface area contributed by atoms with E-state index in [-0.39, 0.29) is 49.3 Å². The summed E-state index contributed by atoms with van der Waals surface area (Å²) in [6.07, 6.45) is 6.20. The first-order valence-corrected chi connectivity index (χ1v) is 10.9. The number of nitrogens with zero attached hydrogens (tertiary/aromatic N) is 3. The van der Waals surface area contributed by atoms with Gasteiger partial charge in [0.2, 0.25) is 0 Å². The van der Waals surface area contributed by atoms with E-state index in [2.05, 4.69) is 45.6 Å². The summed E-state index contributed by atoms with van der Waals surface area (Å²) in [5.74, 6) is 1.61. The Balaban J connectivity index is 0.00000121. The van der Waals surface area contributed by atoms with Gasteiger partial charge < -0.3 is 15.5 Å². The molecular formula is C23H33Cl3FN5. The number of nitrogens with one attached hydrogen (secondary N) is 2. The molecular weight excluding hydrogens is 472 g/mol. The summed E-state index contributed by atoms with van der Waals surface area (Å²) in [6, 6.07) is 6.60. The predicted molar refractivity (Wildman–Crippen MR) is 135 cm³/mol. The quantitative estimate of drug-likeness (QED) is 0.582. The summed E-state index contributed by atoms with van der Waals surface area (Å²) in [7, 11) is 0. The van der Waals surface area contributed by atoms with Gasteiger partial charge >= 0.3 is 0 Å². The Morgan fingerprint density at radius 1 is 1.19 bits per heavy atom. The first-order valence-electron chi connectivity index (χ1n) is 10.9. The molecule has 1 spiro atoms. The van der Waals surface area contributed by atoms with Crippen molar-refractivity contribution in [1.82, 2.24) is 20.6 Å². The van der Waals surface area contributed by atoms with Crippen molar-refractivity contribution in [2.24, 2.45) is 0 Å². The van der Waals surface area contributed by atoms with E-state index in [4.69, 9.17) is 4.98 Å². The van der Waals surface area contributed by atoms with Crippen LogP contribution in [0.5, 0.6) is 0 Å². The molecule has 1 saturated heterocycles. The van der Waals surface area contributed by atoms with Crippen LogP contribution in [0.2, 0.25) is 0 Å². The first kappa shape index (κ1) is 27.1. The van der Waals surface area contributed by atoms with E-state index in [0.29, 0.717) is 19.0 Å². The van der Waals surface area contributed by atoms with E-state index in [1.165, 1.54) is 28.1 Å². The summed E-state index contributed by atoms with van der Waals surface area (Å²) in [5.41, 5.74) is 6.73. The first-order chi connectivity index (χ1) is 14.2. The predicted octanol–water partition coefficient (Wildman–Crippen LogP) is 4.62. The number of anilines is 2. The lowest BCUT2D eigenvalue weighted by Crippen LogP contribution is -2.43. The normalized spacial score (nSPS) is 20.1. The van der Waals surface area contributed by atoms with Crippen LogP contribution in [-0.2, 0) is 18.4 Å². The smallest absolute Gasteiger partial charge is 0.140 e. The molecule has 0 saturated carbocycles. The monoisotopic (exact) mass is 503 g/mol. The maximum atomic E-state index is 12.7. The summed E-state index contributed by atoms with van der Waals surface area (Å²) in [5, 5.41) is 6.80. The SMILES string of the molecule is CC1CCc2ncnc(N3CC4(CCNCC4)c4c(CNCCF)cccc43)c21.Cl.Cl.Cl. The Hall–Kier alpha value is -1.18. The van der Waals surface area contributed by atoms with E-state index in [9.17, 15) is 4.39 Å². The highest BCUT2D eigenvalue weighted by Crippen LogP contribution is 2.51. The number of rotatable bonds is 5. The van der Waals surface area contributed by atoms with Crippen molar-refractivity contribution in [2.45, 2.75) is 50.5 Å². The molecule has 3 aliphatic rings. The zero-order valence-corrected chi connectivity index (χ0v) is 20.9. The van der Waals surface area contributed by atoms with Gasteiger partial charge in [0.1, 0.15) is 18.8 Å². The van der Waals surface area contributed by atoms with Crippen LogP contribution in [0.15, 0.2) is 24.5 Å². The van der Waals surface area contributed by atoms with Crippen LogP contribution in [0.25, 0.3) is 0 Å². The van der Waals surface area contributed by atoms with Gasteiger partial charge in [0, 0.05) is 42.0 Å². The zero-order valence-electron chi connectivity index (χ0n) is 18.4. The highest BCUT2D eigenvalue weighted by Gasteiger charge is 2.46. The highest BCUT2D eigenvalue weighted by atomic mass is 35.5. The number of hydrogen-bond acceptors (Lipinski definition) is 5. The van der Waals surface area contributed by atoms with Crippen molar-refractivity contribution in [3.05, 3.63) is 46.9 Å². The average molecular weight is 505 g/mol. The van der Waals surface area contributed by atoms with Crippen LogP contribution in [0, 0.1) is 0 Å². The lowest BCUT2D eigenvalue weighted by atomic mass is 9.73. The zero-order chi connectivity index (χ0) is 19.8. The van der Waals surface area contributed by atoms with Crippen LogP contribution in [-0.4, -0.2) is 42.8 Å². The lowest BCUT2D eigenvalue weighted by Gasteiger charge is -2.36. The number of piperidine rings is 1. The molecule has 1 atom stereocenters. The van der Waals surface area contributed by atoms with Gasteiger partial charge in [-0.05, 0) is 61.9 Å². The molecule has 178 valence electrons. The molecule has 1 aliphatic carbocycles. The fourth-order valence-corrected chi connectivity index (χ4v) is 5.67. The van der Waals surface area contributed by atoms with Gasteiger partial charge in [-0.2, -0.15) is 0 Å². The molecule has 0 radical (unpaired) electrons. The molecule has 1 fully saturated rings. The molecule has 2 N–H and O–H groups in total. The highest BCUT2D eigenvalue weighted by molar-refractivity contribution is 5.86. The minimum Gasteiger partial charge on any atom is -0.325 e. The van der Waals surface area contributed by atoms with Crippen molar-refractivity contribution in [3.8, 4) is 0 Å². The summed E-state index contributed by atoms with van der Waals surface area (Å²) < 4.78 is 12.7. The fraction of sp³-hybridized carbons (Fsp3) is 0.565. The lowest BCUT2D eigenvalue weighted by molar-refractivity contribution is 0.326. The summed E-state index contributed by atoms with van der Waals surface area (Å²) in [6.45, 7) is 6.14. The molecule has 32 heavy (non-hydrogen) atoms.